The maximum absolute atomic E-state index is 11.9. The van der Waals surface area contributed by atoms with Crippen molar-refractivity contribution in [2.45, 2.75) is 37.8 Å². The first-order valence-corrected chi connectivity index (χ1v) is 6.22. The number of aliphatic hydroxyl groups is 1. The fourth-order valence-electron chi connectivity index (χ4n) is 2.46. The topological polar surface area (TPSA) is 78.6 Å². The second-order valence-corrected chi connectivity index (χ2v) is 5.65. The van der Waals surface area contributed by atoms with Crippen LogP contribution in [0.3, 0.4) is 0 Å². The predicted molar refractivity (Wildman–Crippen MR) is 67.5 cm³/mol. The van der Waals surface area contributed by atoms with Gasteiger partial charge >= 0.3 is 0 Å². The van der Waals surface area contributed by atoms with Gasteiger partial charge in [0.1, 0.15) is 0 Å². The average Bonchev–Trinajstić information content (AvgIpc) is 2.59. The van der Waals surface area contributed by atoms with Crippen LogP contribution in [0.2, 0.25) is 0 Å². The highest BCUT2D eigenvalue weighted by Gasteiger charge is 2.31. The Morgan fingerprint density at radius 1 is 1.53 bits per heavy atom. The van der Waals surface area contributed by atoms with Crippen LogP contribution < -0.4 is 11.1 Å². The fourth-order valence-corrected chi connectivity index (χ4v) is 2.46. The molecule has 1 aliphatic carbocycles. The van der Waals surface area contributed by atoms with Gasteiger partial charge in [-0.05, 0) is 33.9 Å². The molecule has 1 fully saturated rings. The van der Waals surface area contributed by atoms with E-state index in [1.807, 2.05) is 19.0 Å². The van der Waals surface area contributed by atoms with Crippen LogP contribution in [0.4, 0.5) is 0 Å². The number of hydrogen-bond donors (Lipinski definition) is 3. The molecule has 0 spiro atoms. The van der Waals surface area contributed by atoms with Crippen molar-refractivity contribution in [2.24, 2.45) is 11.7 Å². The Labute approximate surface area is 103 Å². The Balaban J connectivity index is 2.37. The third kappa shape index (κ3) is 4.61. The van der Waals surface area contributed by atoms with Crippen LogP contribution in [0.15, 0.2) is 0 Å². The summed E-state index contributed by atoms with van der Waals surface area (Å²) in [4.78, 5) is 13.8. The molecule has 1 aliphatic rings. The Morgan fingerprint density at radius 3 is 2.65 bits per heavy atom. The van der Waals surface area contributed by atoms with Gasteiger partial charge in [0.15, 0.2) is 0 Å². The number of carbonyl (C=O) groups is 1. The van der Waals surface area contributed by atoms with E-state index >= 15 is 0 Å². The first-order valence-electron chi connectivity index (χ1n) is 6.22. The number of carbonyl (C=O) groups excluding carboxylic acids is 1. The number of nitrogens with two attached hydrogens (primary N) is 1. The van der Waals surface area contributed by atoms with Gasteiger partial charge in [-0.1, -0.05) is 6.42 Å². The molecule has 0 radical (unpaired) electrons. The van der Waals surface area contributed by atoms with Crippen LogP contribution >= 0.6 is 0 Å². The summed E-state index contributed by atoms with van der Waals surface area (Å²) >= 11 is 0. The molecule has 1 rings (SSSR count). The lowest BCUT2D eigenvalue weighted by Gasteiger charge is -2.28. The minimum atomic E-state index is -0.901. The quantitative estimate of drug-likeness (QED) is 0.611. The van der Waals surface area contributed by atoms with Gasteiger partial charge in [-0.25, -0.2) is 0 Å². The summed E-state index contributed by atoms with van der Waals surface area (Å²) in [7, 11) is 3.78. The molecule has 4 N–H and O–H groups in total. The second-order valence-electron chi connectivity index (χ2n) is 5.65. The number of nitrogens with one attached hydrogen (secondary N) is 1. The lowest BCUT2D eigenvalue weighted by molar-refractivity contribution is -0.126. The van der Waals surface area contributed by atoms with Crippen LogP contribution in [0.25, 0.3) is 0 Å². The highest BCUT2D eigenvalue weighted by molar-refractivity contribution is 5.79. The molecule has 5 heteroatoms. The zero-order valence-electron chi connectivity index (χ0n) is 11.1. The van der Waals surface area contributed by atoms with Crippen molar-refractivity contribution in [3.05, 3.63) is 0 Å². The van der Waals surface area contributed by atoms with Gasteiger partial charge in [0.05, 0.1) is 11.5 Å². The number of nitrogens with zero attached hydrogens (tertiary/aromatic N) is 1. The Kier molecular flexibility index (Phi) is 4.91. The second kappa shape index (κ2) is 5.80. The maximum atomic E-state index is 11.9. The summed E-state index contributed by atoms with van der Waals surface area (Å²) < 4.78 is 0. The standard InChI is InChI=1S/C12H25N3O2/c1-12(17,8-15(2)3)7-14-11(16)9-5-4-6-10(9)13/h9-10,17H,4-8,13H2,1-3H3,(H,14,16). The molecule has 1 amide bonds. The van der Waals surface area contributed by atoms with E-state index in [2.05, 4.69) is 5.32 Å². The molecule has 3 unspecified atom stereocenters. The minimum absolute atomic E-state index is 0.0194. The smallest absolute Gasteiger partial charge is 0.224 e. The fraction of sp³-hybridized carbons (Fsp3) is 0.917. The van der Waals surface area contributed by atoms with E-state index in [1.54, 1.807) is 6.92 Å². The van der Waals surface area contributed by atoms with Crippen LogP contribution in [0.5, 0.6) is 0 Å². The highest BCUT2D eigenvalue weighted by Crippen LogP contribution is 2.24. The van der Waals surface area contributed by atoms with Gasteiger partial charge in [-0.2, -0.15) is 0 Å². The predicted octanol–water partition coefficient (Wildman–Crippen LogP) is -0.457. The first kappa shape index (κ1) is 14.4. The van der Waals surface area contributed by atoms with Crippen LogP contribution in [-0.4, -0.2) is 54.7 Å². The first-order chi connectivity index (χ1) is 7.82. The Hall–Kier alpha value is -0.650. The van der Waals surface area contributed by atoms with Gasteiger partial charge in [0.2, 0.25) is 5.91 Å². The summed E-state index contributed by atoms with van der Waals surface area (Å²) in [5.74, 6) is -0.0980. The molecule has 3 atom stereocenters. The third-order valence-corrected chi connectivity index (χ3v) is 3.21. The number of rotatable bonds is 5. The largest absolute Gasteiger partial charge is 0.387 e. The van der Waals surface area contributed by atoms with E-state index in [9.17, 15) is 9.90 Å². The summed E-state index contributed by atoms with van der Waals surface area (Å²) in [6.45, 7) is 2.51. The summed E-state index contributed by atoms with van der Waals surface area (Å²) in [6, 6.07) is -0.0196. The number of hydrogen-bond acceptors (Lipinski definition) is 4. The van der Waals surface area contributed by atoms with E-state index in [-0.39, 0.29) is 24.4 Å². The average molecular weight is 243 g/mol. The molecule has 5 nitrogen and oxygen atoms in total. The van der Waals surface area contributed by atoms with E-state index < -0.39 is 5.60 Å². The Bertz CT molecular complexity index is 266. The van der Waals surface area contributed by atoms with Crippen LogP contribution in [0, 0.1) is 5.92 Å². The number of likely N-dealkylation sites (N-methyl/N-ethyl adjacent to an activating group) is 1. The molecule has 0 aromatic carbocycles. The van der Waals surface area contributed by atoms with Crippen molar-refractivity contribution in [3.8, 4) is 0 Å². The van der Waals surface area contributed by atoms with Gasteiger partial charge in [-0.15, -0.1) is 0 Å². The van der Waals surface area contributed by atoms with Gasteiger partial charge in [-0.3, -0.25) is 4.79 Å². The lowest BCUT2D eigenvalue weighted by atomic mass is 10.0. The summed E-state index contributed by atoms with van der Waals surface area (Å²) in [5.41, 5.74) is 4.97. The van der Waals surface area contributed by atoms with Crippen LogP contribution in [-0.2, 0) is 4.79 Å². The Morgan fingerprint density at radius 2 is 2.18 bits per heavy atom. The van der Waals surface area contributed by atoms with E-state index in [4.69, 9.17) is 5.73 Å². The normalized spacial score (nSPS) is 28.1. The van der Waals surface area contributed by atoms with E-state index in [0.29, 0.717) is 6.54 Å². The molecule has 17 heavy (non-hydrogen) atoms. The van der Waals surface area contributed by atoms with Crippen molar-refractivity contribution < 1.29 is 9.90 Å². The van der Waals surface area contributed by atoms with Gasteiger partial charge < -0.3 is 21.1 Å². The summed E-state index contributed by atoms with van der Waals surface area (Å²) in [6.07, 6.45) is 2.81. The molecule has 1 saturated carbocycles. The molecule has 100 valence electrons. The maximum Gasteiger partial charge on any atom is 0.224 e. The van der Waals surface area contributed by atoms with Crippen molar-refractivity contribution in [3.63, 3.8) is 0 Å². The van der Waals surface area contributed by atoms with Gasteiger partial charge in [0, 0.05) is 19.1 Å². The van der Waals surface area contributed by atoms with Crippen molar-refractivity contribution in [1.29, 1.82) is 0 Å². The zero-order valence-corrected chi connectivity index (χ0v) is 11.1. The number of amides is 1. The molecule has 0 heterocycles. The van der Waals surface area contributed by atoms with Crippen molar-refractivity contribution >= 4 is 5.91 Å². The van der Waals surface area contributed by atoms with Gasteiger partial charge in [0.25, 0.3) is 0 Å². The van der Waals surface area contributed by atoms with E-state index in [0.717, 1.165) is 19.3 Å². The third-order valence-electron chi connectivity index (χ3n) is 3.21. The SMILES string of the molecule is CN(C)CC(C)(O)CNC(=O)C1CCCC1N. The zero-order chi connectivity index (χ0) is 13.1. The molecule has 0 aromatic rings. The lowest BCUT2D eigenvalue weighted by Crippen LogP contribution is -2.49. The molecule has 0 aromatic heterocycles. The molecule has 0 saturated heterocycles. The molecular formula is C12H25N3O2. The van der Waals surface area contributed by atoms with Crippen molar-refractivity contribution in [1.82, 2.24) is 10.2 Å². The monoisotopic (exact) mass is 243 g/mol. The molecule has 0 aliphatic heterocycles. The molecular weight excluding hydrogens is 218 g/mol. The van der Waals surface area contributed by atoms with E-state index in [1.165, 1.54) is 0 Å². The van der Waals surface area contributed by atoms with Crippen molar-refractivity contribution in [2.75, 3.05) is 27.2 Å². The highest BCUT2D eigenvalue weighted by atomic mass is 16.3. The molecule has 0 bridgehead atoms. The van der Waals surface area contributed by atoms with Crippen LogP contribution in [0.1, 0.15) is 26.2 Å². The summed E-state index contributed by atoms with van der Waals surface area (Å²) in [5, 5.41) is 12.9. The minimum Gasteiger partial charge on any atom is -0.387 e.